The van der Waals surface area contributed by atoms with E-state index in [1.165, 1.54) is 0 Å². The van der Waals surface area contributed by atoms with E-state index in [9.17, 15) is 9.90 Å². The molecule has 96 valence electrons. The van der Waals surface area contributed by atoms with Crippen LogP contribution in [0.4, 0.5) is 0 Å². The van der Waals surface area contributed by atoms with Gasteiger partial charge in [-0.3, -0.25) is 4.79 Å². The first-order valence-electron chi connectivity index (χ1n) is 5.84. The van der Waals surface area contributed by atoms with Crippen molar-refractivity contribution in [3.05, 3.63) is 0 Å². The van der Waals surface area contributed by atoms with Gasteiger partial charge in [-0.15, -0.1) is 0 Å². The molecular formula is C12H26N2O2. The summed E-state index contributed by atoms with van der Waals surface area (Å²) in [7, 11) is 0. The molecule has 4 N–H and O–H groups in total. The summed E-state index contributed by atoms with van der Waals surface area (Å²) in [5.41, 5.74) is 3.45. The lowest BCUT2D eigenvalue weighted by atomic mass is 9.84. The zero-order chi connectivity index (χ0) is 13.2. The van der Waals surface area contributed by atoms with Crippen molar-refractivity contribution in [2.45, 2.75) is 71.1 Å². The SMILES string of the molecule is CCC(N)(CC)C(=O)NC(C)(C)C(C)(C)O. The number of aliphatic hydroxyl groups is 1. The number of rotatable bonds is 5. The Labute approximate surface area is 98.6 Å². The molecule has 0 heterocycles. The maximum atomic E-state index is 12.0. The van der Waals surface area contributed by atoms with Crippen LogP contribution in [0.2, 0.25) is 0 Å². The maximum Gasteiger partial charge on any atom is 0.240 e. The van der Waals surface area contributed by atoms with Crippen LogP contribution in [0.3, 0.4) is 0 Å². The van der Waals surface area contributed by atoms with Crippen molar-refractivity contribution < 1.29 is 9.90 Å². The highest BCUT2D eigenvalue weighted by molar-refractivity contribution is 5.86. The summed E-state index contributed by atoms with van der Waals surface area (Å²) in [6.45, 7) is 10.7. The van der Waals surface area contributed by atoms with Gasteiger partial charge in [-0.05, 0) is 40.5 Å². The Kier molecular flexibility index (Phi) is 4.54. The van der Waals surface area contributed by atoms with Crippen molar-refractivity contribution in [1.29, 1.82) is 0 Å². The largest absolute Gasteiger partial charge is 0.388 e. The first-order chi connectivity index (χ1) is 7.00. The zero-order valence-corrected chi connectivity index (χ0v) is 11.3. The molecule has 0 aromatic carbocycles. The van der Waals surface area contributed by atoms with Crippen molar-refractivity contribution in [2.24, 2.45) is 5.73 Å². The van der Waals surface area contributed by atoms with Crippen LogP contribution in [-0.4, -0.2) is 27.7 Å². The van der Waals surface area contributed by atoms with Gasteiger partial charge in [0.15, 0.2) is 0 Å². The molecule has 0 aliphatic heterocycles. The number of hydrogen-bond donors (Lipinski definition) is 3. The van der Waals surface area contributed by atoms with Crippen LogP contribution >= 0.6 is 0 Å². The van der Waals surface area contributed by atoms with Crippen LogP contribution in [0.25, 0.3) is 0 Å². The third kappa shape index (κ3) is 3.19. The molecule has 4 heteroatoms. The van der Waals surface area contributed by atoms with Crippen molar-refractivity contribution in [2.75, 3.05) is 0 Å². The minimum absolute atomic E-state index is 0.204. The van der Waals surface area contributed by atoms with Gasteiger partial charge in [0.1, 0.15) is 0 Å². The van der Waals surface area contributed by atoms with E-state index in [1.807, 2.05) is 13.8 Å². The van der Waals surface area contributed by atoms with Crippen LogP contribution < -0.4 is 11.1 Å². The predicted molar refractivity (Wildman–Crippen MR) is 66.0 cm³/mol. The third-order valence-corrected chi connectivity index (χ3v) is 3.67. The molecule has 0 aliphatic rings. The monoisotopic (exact) mass is 230 g/mol. The second kappa shape index (κ2) is 4.72. The van der Waals surface area contributed by atoms with E-state index in [0.717, 1.165) is 0 Å². The summed E-state index contributed by atoms with van der Waals surface area (Å²) in [5, 5.41) is 12.8. The van der Waals surface area contributed by atoms with Crippen LogP contribution in [0.15, 0.2) is 0 Å². The quantitative estimate of drug-likeness (QED) is 0.663. The Morgan fingerprint density at radius 1 is 1.19 bits per heavy atom. The van der Waals surface area contributed by atoms with E-state index < -0.39 is 16.7 Å². The average Bonchev–Trinajstić information content (AvgIpc) is 2.14. The number of carbonyl (C=O) groups excluding carboxylic acids is 1. The van der Waals surface area contributed by atoms with Crippen LogP contribution in [-0.2, 0) is 4.79 Å². The molecule has 0 aromatic rings. The minimum atomic E-state index is -0.995. The second-order valence-corrected chi connectivity index (χ2v) is 5.50. The molecule has 1 amide bonds. The smallest absolute Gasteiger partial charge is 0.240 e. The average molecular weight is 230 g/mol. The minimum Gasteiger partial charge on any atom is -0.388 e. The molecule has 0 aromatic heterocycles. The second-order valence-electron chi connectivity index (χ2n) is 5.50. The van der Waals surface area contributed by atoms with Gasteiger partial charge < -0.3 is 16.2 Å². The summed E-state index contributed by atoms with van der Waals surface area (Å²) >= 11 is 0. The van der Waals surface area contributed by atoms with E-state index in [0.29, 0.717) is 12.8 Å². The molecule has 4 nitrogen and oxygen atoms in total. The van der Waals surface area contributed by atoms with Gasteiger partial charge in [0.2, 0.25) is 5.91 Å². The van der Waals surface area contributed by atoms with Crippen LogP contribution in [0, 0.1) is 0 Å². The van der Waals surface area contributed by atoms with E-state index in [2.05, 4.69) is 5.32 Å². The molecule has 0 atom stereocenters. The fraction of sp³-hybridized carbons (Fsp3) is 0.917. The molecule has 0 unspecified atom stereocenters. The Balaban J connectivity index is 4.82. The highest BCUT2D eigenvalue weighted by Crippen LogP contribution is 2.22. The predicted octanol–water partition coefficient (Wildman–Crippen LogP) is 1.17. The molecular weight excluding hydrogens is 204 g/mol. The van der Waals surface area contributed by atoms with E-state index in [4.69, 9.17) is 5.73 Å². The standard InChI is InChI=1S/C12H26N2O2/c1-7-12(13,8-2)9(15)14-10(3,4)11(5,6)16/h16H,7-8,13H2,1-6H3,(H,14,15). The molecule has 16 heavy (non-hydrogen) atoms. The highest BCUT2D eigenvalue weighted by Gasteiger charge is 2.40. The van der Waals surface area contributed by atoms with Gasteiger partial charge in [0.05, 0.1) is 16.7 Å². The summed E-state index contributed by atoms with van der Waals surface area (Å²) < 4.78 is 0. The van der Waals surface area contributed by atoms with Crippen molar-refractivity contribution in [3.63, 3.8) is 0 Å². The fourth-order valence-electron chi connectivity index (χ4n) is 1.13. The van der Waals surface area contributed by atoms with Gasteiger partial charge in [-0.25, -0.2) is 0 Å². The Morgan fingerprint density at radius 2 is 1.56 bits per heavy atom. The molecule has 0 saturated heterocycles. The zero-order valence-electron chi connectivity index (χ0n) is 11.3. The molecule has 0 rings (SSSR count). The Bertz CT molecular complexity index is 250. The molecule has 0 radical (unpaired) electrons. The molecule has 0 saturated carbocycles. The summed E-state index contributed by atoms with van der Waals surface area (Å²) in [5.74, 6) is -0.204. The number of amides is 1. The normalized spacial score (nSPS) is 13.8. The highest BCUT2D eigenvalue weighted by atomic mass is 16.3. The topological polar surface area (TPSA) is 75.4 Å². The Hall–Kier alpha value is -0.610. The maximum absolute atomic E-state index is 12.0. The summed E-state index contributed by atoms with van der Waals surface area (Å²) in [4.78, 5) is 12.0. The number of nitrogens with two attached hydrogens (primary N) is 1. The molecule has 0 fully saturated rings. The van der Waals surface area contributed by atoms with E-state index in [-0.39, 0.29) is 5.91 Å². The van der Waals surface area contributed by atoms with Gasteiger partial charge in [-0.2, -0.15) is 0 Å². The lowest BCUT2D eigenvalue weighted by molar-refractivity contribution is -0.131. The van der Waals surface area contributed by atoms with Crippen molar-refractivity contribution >= 4 is 5.91 Å². The number of hydrogen-bond acceptors (Lipinski definition) is 3. The third-order valence-electron chi connectivity index (χ3n) is 3.67. The van der Waals surface area contributed by atoms with Gasteiger partial charge in [-0.1, -0.05) is 13.8 Å². The summed E-state index contributed by atoms with van der Waals surface area (Å²) in [6.07, 6.45) is 1.16. The Morgan fingerprint density at radius 3 is 1.81 bits per heavy atom. The van der Waals surface area contributed by atoms with Crippen molar-refractivity contribution in [1.82, 2.24) is 5.32 Å². The fourth-order valence-corrected chi connectivity index (χ4v) is 1.13. The van der Waals surface area contributed by atoms with E-state index in [1.54, 1.807) is 27.7 Å². The van der Waals surface area contributed by atoms with Gasteiger partial charge in [0, 0.05) is 0 Å². The summed E-state index contributed by atoms with van der Waals surface area (Å²) in [6, 6.07) is 0. The van der Waals surface area contributed by atoms with Crippen LogP contribution in [0.5, 0.6) is 0 Å². The van der Waals surface area contributed by atoms with Crippen LogP contribution in [0.1, 0.15) is 54.4 Å². The lowest BCUT2D eigenvalue weighted by Crippen LogP contribution is -2.64. The first-order valence-corrected chi connectivity index (χ1v) is 5.84. The number of nitrogens with one attached hydrogen (secondary N) is 1. The van der Waals surface area contributed by atoms with Gasteiger partial charge >= 0.3 is 0 Å². The molecule has 0 spiro atoms. The first kappa shape index (κ1) is 15.4. The molecule has 0 bridgehead atoms. The van der Waals surface area contributed by atoms with Gasteiger partial charge in [0.25, 0.3) is 0 Å². The van der Waals surface area contributed by atoms with Crippen molar-refractivity contribution in [3.8, 4) is 0 Å². The lowest BCUT2D eigenvalue weighted by Gasteiger charge is -2.40. The molecule has 0 aliphatic carbocycles. The number of carbonyl (C=O) groups is 1. The van der Waals surface area contributed by atoms with E-state index >= 15 is 0 Å².